The molecule has 0 aliphatic carbocycles. The summed E-state index contributed by atoms with van der Waals surface area (Å²) in [5.74, 6) is -1.43. The number of halogens is 3. The van der Waals surface area contributed by atoms with Crippen molar-refractivity contribution in [2.45, 2.75) is 25.2 Å². The number of benzene rings is 2. The van der Waals surface area contributed by atoms with Crippen molar-refractivity contribution in [3.63, 3.8) is 0 Å². The molecule has 6 nitrogen and oxygen atoms in total. The van der Waals surface area contributed by atoms with E-state index in [2.05, 4.69) is 15.0 Å². The molecule has 1 atom stereocenters. The fraction of sp³-hybridized carbons (Fsp3) is 0.238. The minimum Gasteiger partial charge on any atom is -0.467 e. The molecule has 30 heavy (non-hydrogen) atoms. The number of hydrogen-bond acceptors (Lipinski definition) is 4. The van der Waals surface area contributed by atoms with Crippen LogP contribution in [0.1, 0.15) is 11.1 Å². The minimum absolute atomic E-state index is 0.117. The molecular formula is C21H19F3N2O4. The van der Waals surface area contributed by atoms with Gasteiger partial charge in [-0.05, 0) is 29.3 Å². The molecule has 0 radical (unpaired) electrons. The Hall–Kier alpha value is -3.49. The van der Waals surface area contributed by atoms with Crippen LogP contribution in [-0.2, 0) is 27.2 Å². The van der Waals surface area contributed by atoms with E-state index in [0.29, 0.717) is 5.56 Å². The number of methoxy groups -OCH3 is 1. The number of H-pyrrole nitrogens is 1. The number of aromatic nitrogens is 1. The number of ether oxygens (including phenoxy) is 2. The molecule has 0 bridgehead atoms. The van der Waals surface area contributed by atoms with Crippen LogP contribution in [0.2, 0.25) is 0 Å². The lowest BCUT2D eigenvalue weighted by atomic mass is 10.0. The number of alkyl halides is 3. The highest BCUT2D eigenvalue weighted by Gasteiger charge is 2.31. The van der Waals surface area contributed by atoms with Crippen molar-refractivity contribution in [3.8, 4) is 5.75 Å². The summed E-state index contributed by atoms with van der Waals surface area (Å²) < 4.78 is 45.3. The Morgan fingerprint density at radius 2 is 1.80 bits per heavy atom. The molecule has 1 heterocycles. The van der Waals surface area contributed by atoms with E-state index in [-0.39, 0.29) is 18.6 Å². The predicted octanol–water partition coefficient (Wildman–Crippen LogP) is 3.51. The number of para-hydroxylation sites is 1. The molecule has 2 N–H and O–H groups in total. The summed E-state index contributed by atoms with van der Waals surface area (Å²) in [5, 5.41) is 3.56. The molecule has 1 amide bonds. The average molecular weight is 420 g/mol. The van der Waals surface area contributed by atoms with Crippen molar-refractivity contribution >= 4 is 22.8 Å². The fourth-order valence-corrected chi connectivity index (χ4v) is 3.10. The van der Waals surface area contributed by atoms with Gasteiger partial charge in [-0.25, -0.2) is 4.79 Å². The fourth-order valence-electron chi connectivity index (χ4n) is 3.10. The van der Waals surface area contributed by atoms with Crippen molar-refractivity contribution in [2.24, 2.45) is 0 Å². The topological polar surface area (TPSA) is 80.4 Å². The number of amides is 1. The molecule has 3 rings (SSSR count). The summed E-state index contributed by atoms with van der Waals surface area (Å²) in [5.41, 5.74) is 2.22. The van der Waals surface area contributed by atoms with Gasteiger partial charge in [0.2, 0.25) is 5.91 Å². The van der Waals surface area contributed by atoms with Crippen LogP contribution in [0, 0.1) is 0 Å². The van der Waals surface area contributed by atoms with Crippen LogP contribution in [0.25, 0.3) is 10.9 Å². The lowest BCUT2D eigenvalue weighted by Crippen LogP contribution is -2.43. The highest BCUT2D eigenvalue weighted by molar-refractivity contribution is 5.88. The zero-order chi connectivity index (χ0) is 21.7. The van der Waals surface area contributed by atoms with Gasteiger partial charge < -0.3 is 19.8 Å². The normalized spacial score (nSPS) is 12.4. The second-order valence-corrected chi connectivity index (χ2v) is 6.58. The lowest BCUT2D eigenvalue weighted by Gasteiger charge is -2.16. The van der Waals surface area contributed by atoms with Gasteiger partial charge in [-0.3, -0.25) is 4.79 Å². The molecule has 9 heteroatoms. The zero-order valence-electron chi connectivity index (χ0n) is 16.0. The van der Waals surface area contributed by atoms with Gasteiger partial charge in [0.1, 0.15) is 11.8 Å². The maximum atomic E-state index is 12.4. The molecule has 0 spiro atoms. The molecule has 0 unspecified atom stereocenters. The van der Waals surface area contributed by atoms with Gasteiger partial charge in [0.15, 0.2) is 0 Å². The van der Waals surface area contributed by atoms with Gasteiger partial charge >= 0.3 is 12.3 Å². The summed E-state index contributed by atoms with van der Waals surface area (Å²) in [6, 6.07) is 11.6. The number of aromatic amines is 1. The van der Waals surface area contributed by atoms with E-state index in [1.54, 1.807) is 6.20 Å². The van der Waals surface area contributed by atoms with Crippen molar-refractivity contribution in [3.05, 3.63) is 65.9 Å². The summed E-state index contributed by atoms with van der Waals surface area (Å²) in [6.45, 7) is 0. The molecule has 158 valence electrons. The number of hydrogen-bond donors (Lipinski definition) is 2. The van der Waals surface area contributed by atoms with Crippen LogP contribution < -0.4 is 10.1 Å². The summed E-state index contributed by atoms with van der Waals surface area (Å²) >= 11 is 0. The van der Waals surface area contributed by atoms with Crippen LogP contribution >= 0.6 is 0 Å². The van der Waals surface area contributed by atoms with Gasteiger partial charge in [0, 0.05) is 23.5 Å². The van der Waals surface area contributed by atoms with Gasteiger partial charge in [-0.1, -0.05) is 30.3 Å². The summed E-state index contributed by atoms with van der Waals surface area (Å²) in [4.78, 5) is 27.7. The van der Waals surface area contributed by atoms with Crippen LogP contribution in [0.5, 0.6) is 5.75 Å². The Kier molecular flexibility index (Phi) is 6.29. The van der Waals surface area contributed by atoms with Gasteiger partial charge in [-0.15, -0.1) is 13.2 Å². The maximum Gasteiger partial charge on any atom is 0.573 e. The number of esters is 1. The number of rotatable bonds is 7. The third-order valence-corrected chi connectivity index (χ3v) is 4.44. The summed E-state index contributed by atoms with van der Waals surface area (Å²) in [6.07, 6.45) is -2.91. The molecule has 0 fully saturated rings. The quantitative estimate of drug-likeness (QED) is 0.574. The number of fused-ring (bicyclic) bond motifs is 1. The van der Waals surface area contributed by atoms with E-state index in [1.807, 2.05) is 24.3 Å². The zero-order valence-corrected chi connectivity index (χ0v) is 16.0. The van der Waals surface area contributed by atoms with Crippen LogP contribution in [-0.4, -0.2) is 36.4 Å². The van der Waals surface area contributed by atoms with Gasteiger partial charge in [0.05, 0.1) is 13.5 Å². The van der Waals surface area contributed by atoms with E-state index in [1.165, 1.54) is 19.2 Å². The monoisotopic (exact) mass is 420 g/mol. The van der Waals surface area contributed by atoms with Gasteiger partial charge in [0.25, 0.3) is 0 Å². The van der Waals surface area contributed by atoms with Crippen LogP contribution in [0.15, 0.2) is 54.7 Å². The van der Waals surface area contributed by atoms with Crippen molar-refractivity contribution < 1.29 is 32.2 Å². The molecule has 0 aliphatic rings. The molecule has 2 aromatic carbocycles. The Labute approximate surface area is 170 Å². The van der Waals surface area contributed by atoms with Crippen LogP contribution in [0.4, 0.5) is 13.2 Å². The van der Waals surface area contributed by atoms with Gasteiger partial charge in [-0.2, -0.15) is 0 Å². The highest BCUT2D eigenvalue weighted by atomic mass is 19.4. The Balaban J connectivity index is 1.66. The second kappa shape index (κ2) is 8.89. The third-order valence-electron chi connectivity index (χ3n) is 4.44. The first-order valence-corrected chi connectivity index (χ1v) is 9.02. The molecule has 0 saturated carbocycles. The number of carbonyl (C=O) groups is 2. The second-order valence-electron chi connectivity index (χ2n) is 6.58. The van der Waals surface area contributed by atoms with E-state index >= 15 is 0 Å². The third kappa shape index (κ3) is 5.53. The predicted molar refractivity (Wildman–Crippen MR) is 103 cm³/mol. The maximum absolute atomic E-state index is 12.4. The molecule has 0 aliphatic heterocycles. The smallest absolute Gasteiger partial charge is 0.467 e. The molecular weight excluding hydrogens is 401 g/mol. The molecule has 0 saturated heterocycles. The summed E-state index contributed by atoms with van der Waals surface area (Å²) in [7, 11) is 1.23. The first kappa shape index (κ1) is 21.2. The first-order valence-electron chi connectivity index (χ1n) is 9.02. The van der Waals surface area contributed by atoms with Crippen molar-refractivity contribution in [2.75, 3.05) is 7.11 Å². The molecule has 3 aromatic rings. The van der Waals surface area contributed by atoms with Crippen molar-refractivity contribution in [1.29, 1.82) is 0 Å². The molecule has 1 aromatic heterocycles. The highest BCUT2D eigenvalue weighted by Crippen LogP contribution is 2.23. The first-order chi connectivity index (χ1) is 14.2. The SMILES string of the molecule is COC(=O)[C@@H](Cc1c[nH]c2ccccc12)NC(=O)Cc1ccc(OC(F)(F)F)cc1. The Morgan fingerprint density at radius 1 is 1.10 bits per heavy atom. The minimum atomic E-state index is -4.78. The largest absolute Gasteiger partial charge is 0.573 e. The number of nitrogens with one attached hydrogen (secondary N) is 2. The average Bonchev–Trinajstić information content (AvgIpc) is 3.10. The number of carbonyl (C=O) groups excluding carboxylic acids is 2. The Bertz CT molecular complexity index is 1030. The Morgan fingerprint density at radius 3 is 2.47 bits per heavy atom. The van der Waals surface area contributed by atoms with Crippen molar-refractivity contribution in [1.82, 2.24) is 10.3 Å². The van der Waals surface area contributed by atoms with E-state index in [4.69, 9.17) is 4.74 Å². The standard InChI is InChI=1S/C21H19F3N2O4/c1-29-20(28)18(11-14-12-25-17-5-3-2-4-16(14)17)26-19(27)10-13-6-8-15(9-7-13)30-21(22,23)24/h2-9,12,18,25H,10-11H2,1H3,(H,26,27)/t18-/m1/s1. The lowest BCUT2D eigenvalue weighted by molar-refractivity contribution is -0.274. The van der Waals surface area contributed by atoms with E-state index in [0.717, 1.165) is 28.6 Å². The van der Waals surface area contributed by atoms with E-state index in [9.17, 15) is 22.8 Å². The van der Waals surface area contributed by atoms with E-state index < -0.39 is 24.3 Å². The van der Waals surface area contributed by atoms with Crippen LogP contribution in [0.3, 0.4) is 0 Å².